The van der Waals surface area contributed by atoms with Gasteiger partial charge in [0.05, 0.1) is 24.9 Å². The standard InChI is InChI=1S/C23H24N2O4/c26-13-17-12-25(9-10-28-17)8-7-15-5-6-18-16(11-15)14-29-22(18)21-19-3-1-2-4-20(19)24-23(21)27/h1-6,11,17,26H,7-10,12-14H2,(H,24,27). The molecule has 0 spiro atoms. The Morgan fingerprint density at radius 1 is 1.17 bits per heavy atom. The van der Waals surface area contributed by atoms with Gasteiger partial charge in [-0.15, -0.1) is 0 Å². The molecule has 0 radical (unpaired) electrons. The first kappa shape index (κ1) is 18.4. The summed E-state index contributed by atoms with van der Waals surface area (Å²) in [4.78, 5) is 14.9. The van der Waals surface area contributed by atoms with Gasteiger partial charge >= 0.3 is 0 Å². The second-order valence-corrected chi connectivity index (χ2v) is 7.71. The predicted octanol–water partition coefficient (Wildman–Crippen LogP) is 2.27. The molecule has 29 heavy (non-hydrogen) atoms. The summed E-state index contributed by atoms with van der Waals surface area (Å²) < 4.78 is 11.5. The number of hydrogen-bond acceptors (Lipinski definition) is 5. The zero-order valence-corrected chi connectivity index (χ0v) is 16.2. The number of morpholine rings is 1. The Hall–Kier alpha value is -2.67. The van der Waals surface area contributed by atoms with Crippen molar-refractivity contribution in [3.63, 3.8) is 0 Å². The lowest BCUT2D eigenvalue weighted by atomic mass is 9.98. The highest BCUT2D eigenvalue weighted by molar-refractivity contribution is 6.36. The summed E-state index contributed by atoms with van der Waals surface area (Å²) in [5.41, 5.74) is 5.73. The number of aliphatic hydroxyl groups excluding tert-OH is 1. The van der Waals surface area contributed by atoms with Crippen molar-refractivity contribution in [2.24, 2.45) is 0 Å². The largest absolute Gasteiger partial charge is 0.487 e. The summed E-state index contributed by atoms with van der Waals surface area (Å²) in [6.07, 6.45) is 0.854. The molecule has 1 atom stereocenters. The quantitative estimate of drug-likeness (QED) is 0.782. The van der Waals surface area contributed by atoms with Gasteiger partial charge in [0, 0.05) is 42.0 Å². The van der Waals surface area contributed by atoms with Crippen LogP contribution in [0.25, 0.3) is 11.3 Å². The van der Waals surface area contributed by atoms with E-state index in [1.54, 1.807) is 0 Å². The Labute approximate surface area is 169 Å². The Kier molecular flexibility index (Phi) is 4.83. The first-order valence-electron chi connectivity index (χ1n) is 10.1. The summed E-state index contributed by atoms with van der Waals surface area (Å²) in [7, 11) is 0. The molecule has 150 valence electrons. The van der Waals surface area contributed by atoms with Crippen molar-refractivity contribution in [2.45, 2.75) is 19.1 Å². The number of benzene rings is 2. The first-order chi connectivity index (χ1) is 14.2. The van der Waals surface area contributed by atoms with E-state index in [4.69, 9.17) is 9.47 Å². The van der Waals surface area contributed by atoms with Gasteiger partial charge in [0.25, 0.3) is 5.91 Å². The maximum Gasteiger partial charge on any atom is 0.260 e. The number of nitrogens with zero attached hydrogens (tertiary/aromatic N) is 1. The van der Waals surface area contributed by atoms with Crippen molar-refractivity contribution in [2.75, 3.05) is 38.2 Å². The maximum absolute atomic E-state index is 12.5. The van der Waals surface area contributed by atoms with Crippen molar-refractivity contribution in [1.82, 2.24) is 4.90 Å². The molecule has 1 unspecified atom stereocenters. The molecule has 2 N–H and O–H groups in total. The second-order valence-electron chi connectivity index (χ2n) is 7.71. The third-order valence-electron chi connectivity index (χ3n) is 5.83. The average molecular weight is 392 g/mol. The van der Waals surface area contributed by atoms with Gasteiger partial charge < -0.3 is 19.9 Å². The van der Waals surface area contributed by atoms with Crippen LogP contribution in [-0.2, 0) is 27.3 Å². The fraction of sp³-hybridized carbons (Fsp3) is 0.348. The minimum atomic E-state index is -0.108. The molecule has 1 fully saturated rings. The van der Waals surface area contributed by atoms with E-state index < -0.39 is 0 Å². The van der Waals surface area contributed by atoms with Gasteiger partial charge in [-0.1, -0.05) is 36.4 Å². The molecular formula is C23H24N2O4. The number of amides is 1. The summed E-state index contributed by atoms with van der Waals surface area (Å²) in [5, 5.41) is 12.2. The van der Waals surface area contributed by atoms with Crippen LogP contribution in [0.5, 0.6) is 0 Å². The molecule has 6 nitrogen and oxygen atoms in total. The average Bonchev–Trinajstić information content (AvgIpc) is 3.31. The van der Waals surface area contributed by atoms with Crippen molar-refractivity contribution >= 4 is 22.9 Å². The smallest absolute Gasteiger partial charge is 0.260 e. The van der Waals surface area contributed by atoms with Gasteiger partial charge in [-0.2, -0.15) is 0 Å². The SMILES string of the molecule is O=C1Nc2ccccc2C1=C1OCc2cc(CCN3CCOC(CO)C3)ccc21. The minimum Gasteiger partial charge on any atom is -0.487 e. The minimum absolute atomic E-state index is 0.0703. The number of carbonyl (C=O) groups is 1. The van der Waals surface area contributed by atoms with Gasteiger partial charge in [0.15, 0.2) is 0 Å². The molecule has 0 aliphatic carbocycles. The van der Waals surface area contributed by atoms with Gasteiger partial charge in [-0.3, -0.25) is 9.69 Å². The van der Waals surface area contributed by atoms with Crippen LogP contribution < -0.4 is 5.32 Å². The Bertz CT molecular complexity index is 985. The van der Waals surface area contributed by atoms with E-state index in [9.17, 15) is 9.90 Å². The Morgan fingerprint density at radius 2 is 2.07 bits per heavy atom. The van der Waals surface area contributed by atoms with Gasteiger partial charge in [0.2, 0.25) is 0 Å². The molecule has 3 heterocycles. The molecule has 6 heteroatoms. The number of hydrogen-bond donors (Lipinski definition) is 2. The zero-order chi connectivity index (χ0) is 19.8. The molecule has 3 aliphatic rings. The fourth-order valence-corrected chi connectivity index (χ4v) is 4.30. The summed E-state index contributed by atoms with van der Waals surface area (Å²) in [6.45, 7) is 3.83. The molecular weight excluding hydrogens is 368 g/mol. The van der Waals surface area contributed by atoms with E-state index >= 15 is 0 Å². The van der Waals surface area contributed by atoms with Crippen molar-refractivity contribution < 1.29 is 19.4 Å². The Balaban J connectivity index is 1.35. The van der Waals surface area contributed by atoms with Crippen LogP contribution in [0.3, 0.4) is 0 Å². The number of anilines is 1. The van der Waals surface area contributed by atoms with Crippen molar-refractivity contribution in [3.8, 4) is 0 Å². The second kappa shape index (κ2) is 7.63. The van der Waals surface area contributed by atoms with E-state index in [1.165, 1.54) is 5.56 Å². The lowest BCUT2D eigenvalue weighted by Gasteiger charge is -2.31. The number of rotatable bonds is 4. The van der Waals surface area contributed by atoms with E-state index in [0.717, 1.165) is 48.4 Å². The highest BCUT2D eigenvalue weighted by Crippen LogP contribution is 2.41. The number of para-hydroxylation sites is 1. The van der Waals surface area contributed by atoms with Crippen molar-refractivity contribution in [3.05, 3.63) is 64.7 Å². The zero-order valence-electron chi connectivity index (χ0n) is 16.2. The Morgan fingerprint density at radius 3 is 2.97 bits per heavy atom. The normalized spacial score (nSPS) is 23.5. The summed E-state index contributed by atoms with van der Waals surface area (Å²) >= 11 is 0. The van der Waals surface area contributed by atoms with Crippen LogP contribution in [-0.4, -0.2) is 54.9 Å². The van der Waals surface area contributed by atoms with Crippen LogP contribution in [0.15, 0.2) is 42.5 Å². The lowest BCUT2D eigenvalue weighted by Crippen LogP contribution is -2.44. The molecule has 0 bridgehead atoms. The number of nitrogens with one attached hydrogen (secondary N) is 1. The van der Waals surface area contributed by atoms with Crippen molar-refractivity contribution in [1.29, 1.82) is 0 Å². The number of ether oxygens (including phenoxy) is 2. The molecule has 0 saturated carbocycles. The number of carbonyl (C=O) groups excluding carboxylic acids is 1. The maximum atomic E-state index is 12.5. The monoisotopic (exact) mass is 392 g/mol. The highest BCUT2D eigenvalue weighted by atomic mass is 16.5. The van der Waals surface area contributed by atoms with E-state index in [1.807, 2.05) is 24.3 Å². The molecule has 5 rings (SSSR count). The number of aliphatic hydroxyl groups is 1. The molecule has 2 aromatic rings. The fourth-order valence-electron chi connectivity index (χ4n) is 4.30. The van der Waals surface area contributed by atoms with E-state index in [0.29, 0.717) is 24.5 Å². The topological polar surface area (TPSA) is 71.0 Å². The van der Waals surface area contributed by atoms with Crippen LogP contribution in [0.1, 0.15) is 22.3 Å². The predicted molar refractivity (Wildman–Crippen MR) is 110 cm³/mol. The molecule has 0 aromatic heterocycles. The van der Waals surface area contributed by atoms with Gasteiger partial charge in [-0.05, 0) is 18.1 Å². The first-order valence-corrected chi connectivity index (χ1v) is 10.1. The third-order valence-corrected chi connectivity index (χ3v) is 5.83. The van der Waals surface area contributed by atoms with E-state index in [2.05, 4.69) is 28.4 Å². The molecule has 3 aliphatic heterocycles. The summed E-state index contributed by atoms with van der Waals surface area (Å²) in [6, 6.07) is 14.1. The highest BCUT2D eigenvalue weighted by Gasteiger charge is 2.32. The number of fused-ring (bicyclic) bond motifs is 2. The van der Waals surface area contributed by atoms with Gasteiger partial charge in [0.1, 0.15) is 12.4 Å². The van der Waals surface area contributed by atoms with Gasteiger partial charge in [-0.25, -0.2) is 0 Å². The summed E-state index contributed by atoms with van der Waals surface area (Å²) in [5.74, 6) is 0.567. The molecule has 1 amide bonds. The van der Waals surface area contributed by atoms with E-state index in [-0.39, 0.29) is 18.6 Å². The molecule has 2 aromatic carbocycles. The van der Waals surface area contributed by atoms with Crippen LogP contribution in [0.4, 0.5) is 5.69 Å². The molecule has 1 saturated heterocycles. The van der Waals surface area contributed by atoms with Crippen LogP contribution in [0.2, 0.25) is 0 Å². The van der Waals surface area contributed by atoms with Crippen LogP contribution in [0, 0.1) is 0 Å². The third kappa shape index (κ3) is 3.44. The van der Waals surface area contributed by atoms with Crippen LogP contribution >= 0.6 is 0 Å². The lowest BCUT2D eigenvalue weighted by molar-refractivity contribution is -0.110.